The summed E-state index contributed by atoms with van der Waals surface area (Å²) in [4.78, 5) is 0. The number of unbranched alkanes of at least 4 members (excludes halogenated alkanes) is 2. The molecule has 0 aliphatic carbocycles. The zero-order valence-electron chi connectivity index (χ0n) is 17.1. The van der Waals surface area contributed by atoms with E-state index in [2.05, 4.69) is 31.7 Å². The molecule has 0 rings (SSSR count). The smallest absolute Gasteiger partial charge is 0.0348 e. The van der Waals surface area contributed by atoms with Gasteiger partial charge in [0.2, 0.25) is 0 Å². The molecule has 0 bridgehead atoms. The molecule has 0 aromatic heterocycles. The van der Waals surface area contributed by atoms with Crippen LogP contribution in [0, 0.1) is 0 Å². The molecule has 146 valence electrons. The molecule has 28 heavy (non-hydrogen) atoms. The summed E-state index contributed by atoms with van der Waals surface area (Å²) in [5.41, 5.74) is 0. The van der Waals surface area contributed by atoms with E-state index in [1.54, 1.807) is 6.08 Å². The molecule has 0 saturated heterocycles. The van der Waals surface area contributed by atoms with E-state index in [1.165, 1.54) is 12.8 Å². The fraction of sp³-hybridized carbons (Fsp3) is 0.143. The highest BCUT2D eigenvalue weighted by Crippen LogP contribution is 1.95. The third kappa shape index (κ3) is 22.9. The van der Waals surface area contributed by atoms with Gasteiger partial charge < -0.3 is 0 Å². The van der Waals surface area contributed by atoms with Crippen molar-refractivity contribution in [2.75, 3.05) is 0 Å². The predicted molar refractivity (Wildman–Crippen MR) is 130 cm³/mol. The maximum atomic E-state index is 3.61. The van der Waals surface area contributed by atoms with Crippen molar-refractivity contribution < 1.29 is 0 Å². The molecule has 0 atom stereocenters. The second-order valence-electron chi connectivity index (χ2n) is 5.66. The molecule has 0 aromatic carbocycles. The van der Waals surface area contributed by atoms with Gasteiger partial charge in [0.15, 0.2) is 0 Å². The Morgan fingerprint density at radius 2 is 0.714 bits per heavy atom. The minimum Gasteiger partial charge on any atom is -0.0991 e. The Labute approximate surface area is 172 Å². The highest BCUT2D eigenvalue weighted by atomic mass is 13.8. The molecule has 0 heterocycles. The molecule has 0 heteroatoms. The Kier molecular flexibility index (Phi) is 21.2. The van der Waals surface area contributed by atoms with E-state index < -0.39 is 0 Å². The minimum atomic E-state index is 1.16. The molecule has 0 saturated carbocycles. The summed E-state index contributed by atoms with van der Waals surface area (Å²) >= 11 is 0. The molecule has 0 nitrogen and oxygen atoms in total. The molecular weight excluding hydrogens is 336 g/mol. The molecular formula is C28H34. The van der Waals surface area contributed by atoms with E-state index in [1.807, 2.05) is 115 Å². The van der Waals surface area contributed by atoms with Gasteiger partial charge in [-0.1, -0.05) is 166 Å². The molecule has 0 spiro atoms. The SMILES string of the molecule is C=CC=CC=CC=CC=CC=CC=CC=CC=CC=CC=CC=CCCCC. The molecule has 0 aliphatic heterocycles. The first-order valence-electron chi connectivity index (χ1n) is 9.86. The molecule has 0 aliphatic rings. The van der Waals surface area contributed by atoms with Crippen LogP contribution >= 0.6 is 0 Å². The third-order valence-corrected chi connectivity index (χ3v) is 3.22. The third-order valence-electron chi connectivity index (χ3n) is 3.22. The maximum absolute atomic E-state index is 3.61. The van der Waals surface area contributed by atoms with Crippen molar-refractivity contribution in [3.63, 3.8) is 0 Å². The van der Waals surface area contributed by atoms with Crippen LogP contribution in [-0.2, 0) is 0 Å². The van der Waals surface area contributed by atoms with Crippen LogP contribution in [0.1, 0.15) is 26.2 Å². The molecule has 0 amide bonds. The summed E-state index contributed by atoms with van der Waals surface area (Å²) in [5, 5.41) is 0. The topological polar surface area (TPSA) is 0 Å². The summed E-state index contributed by atoms with van der Waals surface area (Å²) in [6, 6.07) is 0. The summed E-state index contributed by atoms with van der Waals surface area (Å²) < 4.78 is 0. The van der Waals surface area contributed by atoms with Gasteiger partial charge in [0.05, 0.1) is 0 Å². The minimum absolute atomic E-state index is 1.16. The van der Waals surface area contributed by atoms with Crippen LogP contribution in [-0.4, -0.2) is 0 Å². The zero-order chi connectivity index (χ0) is 20.4. The maximum Gasteiger partial charge on any atom is -0.0348 e. The first-order chi connectivity index (χ1) is 13.9. The lowest BCUT2D eigenvalue weighted by Gasteiger charge is -1.84. The Balaban J connectivity index is 3.89. The van der Waals surface area contributed by atoms with E-state index in [4.69, 9.17) is 0 Å². The number of hydrogen-bond acceptors (Lipinski definition) is 0. The van der Waals surface area contributed by atoms with Gasteiger partial charge in [-0.2, -0.15) is 0 Å². The second kappa shape index (κ2) is 23.9. The standard InChI is InChI=1S/C28H34/c1-3-5-7-9-11-13-15-17-19-21-23-25-27-28-26-24-22-20-18-16-14-12-10-8-6-4-2/h3,5,7,9-28H,1,4,6,8H2,2H3. The number of hydrogen-bond donors (Lipinski definition) is 0. The van der Waals surface area contributed by atoms with Crippen molar-refractivity contribution in [2.24, 2.45) is 0 Å². The van der Waals surface area contributed by atoms with Gasteiger partial charge in [-0.05, 0) is 6.42 Å². The highest BCUT2D eigenvalue weighted by Gasteiger charge is 1.74. The van der Waals surface area contributed by atoms with Gasteiger partial charge in [0.25, 0.3) is 0 Å². The van der Waals surface area contributed by atoms with E-state index in [0.717, 1.165) is 6.42 Å². The summed E-state index contributed by atoms with van der Waals surface area (Å²) in [6.45, 7) is 5.82. The summed E-state index contributed by atoms with van der Waals surface area (Å²) in [5.74, 6) is 0. The van der Waals surface area contributed by atoms with Gasteiger partial charge in [-0.3, -0.25) is 0 Å². The first-order valence-corrected chi connectivity index (χ1v) is 9.86. The second-order valence-corrected chi connectivity index (χ2v) is 5.66. The average molecular weight is 371 g/mol. The lowest BCUT2D eigenvalue weighted by Crippen LogP contribution is -1.64. The van der Waals surface area contributed by atoms with Crippen LogP contribution in [0.15, 0.2) is 146 Å². The van der Waals surface area contributed by atoms with E-state index in [-0.39, 0.29) is 0 Å². The average Bonchev–Trinajstić information content (AvgIpc) is 2.71. The lowest BCUT2D eigenvalue weighted by atomic mass is 10.2. The van der Waals surface area contributed by atoms with Gasteiger partial charge in [0, 0.05) is 0 Å². The fourth-order valence-corrected chi connectivity index (χ4v) is 1.79. The van der Waals surface area contributed by atoms with Crippen LogP contribution < -0.4 is 0 Å². The van der Waals surface area contributed by atoms with Crippen molar-refractivity contribution in [3.05, 3.63) is 146 Å². The van der Waals surface area contributed by atoms with Crippen molar-refractivity contribution in [2.45, 2.75) is 26.2 Å². The highest BCUT2D eigenvalue weighted by molar-refractivity contribution is 5.23. The van der Waals surface area contributed by atoms with Crippen molar-refractivity contribution in [1.29, 1.82) is 0 Å². The normalized spacial score (nSPS) is 14.3. The van der Waals surface area contributed by atoms with Gasteiger partial charge in [-0.25, -0.2) is 0 Å². The zero-order valence-corrected chi connectivity index (χ0v) is 17.1. The quantitative estimate of drug-likeness (QED) is 0.212. The Morgan fingerprint density at radius 3 is 1.00 bits per heavy atom. The Bertz CT molecular complexity index is 678. The van der Waals surface area contributed by atoms with Gasteiger partial charge in [0.1, 0.15) is 0 Å². The van der Waals surface area contributed by atoms with Crippen molar-refractivity contribution >= 4 is 0 Å². The van der Waals surface area contributed by atoms with Crippen LogP contribution in [0.25, 0.3) is 0 Å². The number of allylic oxidation sites excluding steroid dienone is 23. The van der Waals surface area contributed by atoms with Crippen LogP contribution in [0.3, 0.4) is 0 Å². The molecule has 0 fully saturated rings. The van der Waals surface area contributed by atoms with Crippen LogP contribution in [0.2, 0.25) is 0 Å². The monoisotopic (exact) mass is 370 g/mol. The summed E-state index contributed by atoms with van der Waals surface area (Å²) in [6.07, 6.45) is 49.7. The molecule has 0 radical (unpaired) electrons. The molecule has 0 unspecified atom stereocenters. The van der Waals surface area contributed by atoms with Gasteiger partial charge >= 0.3 is 0 Å². The lowest BCUT2D eigenvalue weighted by molar-refractivity contribution is 0.815. The Hall–Kier alpha value is -3.12. The predicted octanol–water partition coefficient (Wildman–Crippen LogP) is 8.48. The van der Waals surface area contributed by atoms with E-state index in [9.17, 15) is 0 Å². The van der Waals surface area contributed by atoms with Crippen LogP contribution in [0.4, 0.5) is 0 Å². The largest absolute Gasteiger partial charge is 0.0991 e. The van der Waals surface area contributed by atoms with E-state index in [0.29, 0.717) is 0 Å². The van der Waals surface area contributed by atoms with Crippen molar-refractivity contribution in [3.8, 4) is 0 Å². The first kappa shape index (κ1) is 24.9. The Morgan fingerprint density at radius 1 is 0.429 bits per heavy atom. The summed E-state index contributed by atoms with van der Waals surface area (Å²) in [7, 11) is 0. The molecule has 0 aromatic rings. The van der Waals surface area contributed by atoms with Crippen molar-refractivity contribution in [1.82, 2.24) is 0 Å². The number of rotatable bonds is 14. The fourth-order valence-electron chi connectivity index (χ4n) is 1.79. The van der Waals surface area contributed by atoms with Gasteiger partial charge in [-0.15, -0.1) is 0 Å². The molecule has 0 N–H and O–H groups in total. The van der Waals surface area contributed by atoms with E-state index >= 15 is 0 Å². The van der Waals surface area contributed by atoms with Crippen LogP contribution in [0.5, 0.6) is 0 Å².